The van der Waals surface area contributed by atoms with Gasteiger partial charge in [-0.1, -0.05) is 0 Å². The van der Waals surface area contributed by atoms with Crippen LogP contribution in [-0.4, -0.2) is 23.9 Å². The van der Waals surface area contributed by atoms with E-state index >= 15 is 0 Å². The molecule has 0 heterocycles. The minimum Gasteiger partial charge on any atom is -0.393 e. The molecule has 4 atom stereocenters. The molecule has 2 aliphatic carbocycles. The highest BCUT2D eigenvalue weighted by Gasteiger charge is 2.54. The first-order valence-electron chi connectivity index (χ1n) is 4.12. The largest absolute Gasteiger partial charge is 0.393 e. The van der Waals surface area contributed by atoms with E-state index in [1.807, 2.05) is 6.92 Å². The Morgan fingerprint density at radius 2 is 2.20 bits per heavy atom. The van der Waals surface area contributed by atoms with Crippen LogP contribution in [0.4, 0.5) is 0 Å². The summed E-state index contributed by atoms with van der Waals surface area (Å²) >= 11 is 0. The molecule has 0 radical (unpaired) electrons. The van der Waals surface area contributed by atoms with E-state index in [2.05, 4.69) is 0 Å². The topological polar surface area (TPSA) is 29.5 Å². The molecule has 0 spiro atoms. The summed E-state index contributed by atoms with van der Waals surface area (Å²) in [5.74, 6) is 1.30. The molecule has 2 saturated carbocycles. The van der Waals surface area contributed by atoms with Gasteiger partial charge in [0.2, 0.25) is 0 Å². The normalized spacial score (nSPS) is 51.0. The van der Waals surface area contributed by atoms with Crippen molar-refractivity contribution >= 4 is 0 Å². The van der Waals surface area contributed by atoms with E-state index in [-0.39, 0.29) is 6.10 Å². The maximum absolute atomic E-state index is 9.36. The molecular formula is C8H14O2. The molecule has 0 saturated heterocycles. The Kier molecular flexibility index (Phi) is 1.46. The molecule has 0 aromatic heterocycles. The van der Waals surface area contributed by atoms with Crippen molar-refractivity contribution in [1.82, 2.24) is 0 Å². The van der Waals surface area contributed by atoms with Crippen LogP contribution in [0.2, 0.25) is 0 Å². The van der Waals surface area contributed by atoms with E-state index in [0.717, 1.165) is 13.0 Å². The lowest BCUT2D eigenvalue weighted by Crippen LogP contribution is -2.15. The highest BCUT2D eigenvalue weighted by molar-refractivity contribution is 5.03. The molecule has 2 nitrogen and oxygen atoms in total. The van der Waals surface area contributed by atoms with Crippen LogP contribution in [0, 0.1) is 11.8 Å². The van der Waals surface area contributed by atoms with Gasteiger partial charge in [-0.3, -0.25) is 0 Å². The number of ether oxygens (including phenoxy) is 1. The average Bonchev–Trinajstić information content (AvgIpc) is 2.59. The number of hydrogen-bond acceptors (Lipinski definition) is 2. The first-order chi connectivity index (χ1) is 4.83. The molecule has 0 aliphatic heterocycles. The minimum absolute atomic E-state index is 0.0541. The van der Waals surface area contributed by atoms with Gasteiger partial charge in [0, 0.05) is 13.0 Å². The quantitative estimate of drug-likeness (QED) is 0.617. The molecule has 0 bridgehead atoms. The third-order valence-corrected chi connectivity index (χ3v) is 2.72. The van der Waals surface area contributed by atoms with Gasteiger partial charge < -0.3 is 9.84 Å². The van der Waals surface area contributed by atoms with Gasteiger partial charge in [-0.05, 0) is 25.2 Å². The molecule has 2 rings (SSSR count). The van der Waals surface area contributed by atoms with Crippen molar-refractivity contribution < 1.29 is 9.84 Å². The van der Waals surface area contributed by atoms with Crippen molar-refractivity contribution in [1.29, 1.82) is 0 Å². The zero-order chi connectivity index (χ0) is 7.14. The minimum atomic E-state index is -0.0541. The van der Waals surface area contributed by atoms with Crippen LogP contribution in [-0.2, 0) is 4.74 Å². The molecule has 1 N–H and O–H groups in total. The van der Waals surface area contributed by atoms with Crippen LogP contribution >= 0.6 is 0 Å². The fourth-order valence-corrected chi connectivity index (χ4v) is 2.10. The zero-order valence-electron chi connectivity index (χ0n) is 6.29. The first-order valence-corrected chi connectivity index (χ1v) is 4.12. The van der Waals surface area contributed by atoms with Gasteiger partial charge in [0.15, 0.2) is 0 Å². The summed E-state index contributed by atoms with van der Waals surface area (Å²) in [5, 5.41) is 9.36. The van der Waals surface area contributed by atoms with Crippen LogP contribution in [0.3, 0.4) is 0 Å². The Hall–Kier alpha value is -0.0800. The predicted octanol–water partition coefficient (Wildman–Crippen LogP) is 0.792. The first kappa shape index (κ1) is 6.62. The molecule has 2 aliphatic rings. The summed E-state index contributed by atoms with van der Waals surface area (Å²) in [6, 6.07) is 0. The third-order valence-electron chi connectivity index (χ3n) is 2.72. The highest BCUT2D eigenvalue weighted by Crippen LogP contribution is 2.52. The van der Waals surface area contributed by atoms with Crippen molar-refractivity contribution in [2.45, 2.75) is 32.0 Å². The van der Waals surface area contributed by atoms with Gasteiger partial charge in [-0.15, -0.1) is 0 Å². The van der Waals surface area contributed by atoms with E-state index in [0.29, 0.717) is 17.9 Å². The second-order valence-corrected chi connectivity index (χ2v) is 3.36. The molecule has 0 unspecified atom stereocenters. The second kappa shape index (κ2) is 2.21. The second-order valence-electron chi connectivity index (χ2n) is 3.36. The van der Waals surface area contributed by atoms with Crippen molar-refractivity contribution in [3.05, 3.63) is 0 Å². The van der Waals surface area contributed by atoms with E-state index in [4.69, 9.17) is 4.74 Å². The van der Waals surface area contributed by atoms with Crippen molar-refractivity contribution in [3.8, 4) is 0 Å². The predicted molar refractivity (Wildman–Crippen MR) is 37.6 cm³/mol. The molecule has 0 aromatic rings. The summed E-state index contributed by atoms with van der Waals surface area (Å²) < 4.78 is 5.47. The van der Waals surface area contributed by atoms with Crippen molar-refractivity contribution in [2.24, 2.45) is 11.8 Å². The number of fused-ring (bicyclic) bond motifs is 1. The van der Waals surface area contributed by atoms with Crippen LogP contribution in [0.25, 0.3) is 0 Å². The van der Waals surface area contributed by atoms with Crippen LogP contribution in [0.15, 0.2) is 0 Å². The Bertz CT molecular complexity index is 135. The third kappa shape index (κ3) is 0.867. The average molecular weight is 142 g/mol. The Labute approximate surface area is 61.2 Å². The smallest absolute Gasteiger partial charge is 0.0631 e. The lowest BCUT2D eigenvalue weighted by Gasteiger charge is -2.12. The fourth-order valence-electron chi connectivity index (χ4n) is 2.10. The molecule has 2 fully saturated rings. The Balaban J connectivity index is 1.89. The maximum atomic E-state index is 9.36. The van der Waals surface area contributed by atoms with Gasteiger partial charge >= 0.3 is 0 Å². The van der Waals surface area contributed by atoms with E-state index < -0.39 is 0 Å². The van der Waals surface area contributed by atoms with Crippen molar-refractivity contribution in [2.75, 3.05) is 6.61 Å². The van der Waals surface area contributed by atoms with E-state index in [1.54, 1.807) is 0 Å². The summed E-state index contributed by atoms with van der Waals surface area (Å²) in [6.45, 7) is 2.81. The molecular weight excluding hydrogens is 128 g/mol. The lowest BCUT2D eigenvalue weighted by atomic mass is 10.2. The Morgan fingerprint density at radius 1 is 1.40 bits per heavy atom. The van der Waals surface area contributed by atoms with Gasteiger partial charge in [-0.25, -0.2) is 0 Å². The number of hydrogen-bond donors (Lipinski definition) is 1. The van der Waals surface area contributed by atoms with Crippen molar-refractivity contribution in [3.63, 3.8) is 0 Å². The van der Waals surface area contributed by atoms with E-state index in [1.165, 1.54) is 6.42 Å². The van der Waals surface area contributed by atoms with Gasteiger partial charge in [-0.2, -0.15) is 0 Å². The standard InChI is InChI=1S/C8H14O2/c1-2-10-8-4-7(9)5-3-6(5)8/h5-9H,2-4H2,1H3/t5-,6+,7+,8-/m1/s1. The molecule has 0 aromatic carbocycles. The molecule has 10 heavy (non-hydrogen) atoms. The number of rotatable bonds is 2. The molecule has 2 heteroatoms. The number of aliphatic hydroxyl groups excluding tert-OH is 1. The monoisotopic (exact) mass is 142 g/mol. The highest BCUT2D eigenvalue weighted by atomic mass is 16.5. The lowest BCUT2D eigenvalue weighted by molar-refractivity contribution is 0.0357. The maximum Gasteiger partial charge on any atom is 0.0631 e. The fraction of sp³-hybridized carbons (Fsp3) is 1.00. The van der Waals surface area contributed by atoms with E-state index in [9.17, 15) is 5.11 Å². The number of aliphatic hydroxyl groups is 1. The van der Waals surface area contributed by atoms with Gasteiger partial charge in [0.05, 0.1) is 12.2 Å². The SMILES string of the molecule is CCO[C@@H]1C[C@H](O)[C@@H]2C[C@@H]21. The zero-order valence-corrected chi connectivity index (χ0v) is 6.29. The summed E-state index contributed by atoms with van der Waals surface area (Å²) in [5.41, 5.74) is 0. The summed E-state index contributed by atoms with van der Waals surface area (Å²) in [4.78, 5) is 0. The van der Waals surface area contributed by atoms with Gasteiger partial charge in [0.1, 0.15) is 0 Å². The summed E-state index contributed by atoms with van der Waals surface area (Å²) in [7, 11) is 0. The molecule has 0 amide bonds. The van der Waals surface area contributed by atoms with Crippen LogP contribution in [0.5, 0.6) is 0 Å². The Morgan fingerprint density at radius 3 is 2.60 bits per heavy atom. The van der Waals surface area contributed by atoms with Gasteiger partial charge in [0.25, 0.3) is 0 Å². The van der Waals surface area contributed by atoms with Crippen LogP contribution < -0.4 is 0 Å². The van der Waals surface area contributed by atoms with Crippen LogP contribution in [0.1, 0.15) is 19.8 Å². The summed E-state index contributed by atoms with van der Waals surface area (Å²) in [6.07, 6.45) is 2.40. The molecule has 58 valence electrons.